The highest BCUT2D eigenvalue weighted by atomic mass is 19.1. The number of nitrogens with one attached hydrogen (secondary N) is 3. The molecule has 0 aromatic carbocycles. The molecule has 0 saturated heterocycles. The number of halogens is 1. The number of nitriles is 1. The zero-order valence-electron chi connectivity index (χ0n) is 21.8. The number of fused-ring (bicyclic) bond motifs is 1. The van der Waals surface area contributed by atoms with Gasteiger partial charge in [0.15, 0.2) is 11.5 Å². The molecule has 0 unspecified atom stereocenters. The number of carbonyl (C=O) groups is 2. The molecule has 5 N–H and O–H groups in total. The number of alkyl halides is 1. The van der Waals surface area contributed by atoms with Gasteiger partial charge in [-0.1, -0.05) is 12.8 Å². The van der Waals surface area contributed by atoms with Crippen molar-refractivity contribution in [2.45, 2.75) is 69.6 Å². The van der Waals surface area contributed by atoms with Crippen LogP contribution in [-0.4, -0.2) is 56.9 Å². The molecule has 39 heavy (non-hydrogen) atoms. The Labute approximate surface area is 225 Å². The molecule has 5 rings (SSSR count). The minimum absolute atomic E-state index is 0.0329. The number of nitrogens with zero attached hydrogens (tertiary/aromatic N) is 5. The summed E-state index contributed by atoms with van der Waals surface area (Å²) >= 11 is 0. The van der Waals surface area contributed by atoms with Gasteiger partial charge in [-0.15, -0.1) is 0 Å². The molecule has 2 aliphatic carbocycles. The molecule has 2 saturated carbocycles. The number of aromatic nitrogens is 4. The highest BCUT2D eigenvalue weighted by Crippen LogP contribution is 2.29. The van der Waals surface area contributed by atoms with Crippen molar-refractivity contribution < 1.29 is 14.0 Å². The lowest BCUT2D eigenvalue weighted by atomic mass is 9.85. The van der Waals surface area contributed by atoms with Gasteiger partial charge in [-0.2, -0.15) is 15.0 Å². The molecule has 3 aromatic heterocycles. The zero-order valence-corrected chi connectivity index (χ0v) is 21.8. The van der Waals surface area contributed by atoms with Gasteiger partial charge in [0.05, 0.1) is 29.1 Å². The molecular formula is C27H32FN9O2. The Hall–Kier alpha value is -4.27. The van der Waals surface area contributed by atoms with Gasteiger partial charge in [-0.3, -0.25) is 9.59 Å². The van der Waals surface area contributed by atoms with Gasteiger partial charge in [0.1, 0.15) is 18.1 Å². The number of amides is 2. The van der Waals surface area contributed by atoms with Crippen LogP contribution in [0.25, 0.3) is 16.9 Å². The van der Waals surface area contributed by atoms with Crippen molar-refractivity contribution in [3.63, 3.8) is 0 Å². The summed E-state index contributed by atoms with van der Waals surface area (Å²) in [5, 5.41) is 23.3. The summed E-state index contributed by atoms with van der Waals surface area (Å²) in [4.78, 5) is 34.2. The topological polar surface area (TPSA) is 164 Å². The van der Waals surface area contributed by atoms with E-state index >= 15 is 0 Å². The van der Waals surface area contributed by atoms with Crippen LogP contribution in [0.2, 0.25) is 0 Å². The standard InChI is InChI=1S/C27H32FN9O2/c1-31-26(38)15-6-8-18(9-7-15)34-27(39)19-14-32-23(11-22(19)35-21-5-3-2-4-20(21)28)37-25-17(13-33-37)10-16(12-29)24(30)36-25/h10-11,13-15,18,20-21H,2-9H2,1H3,(H2,30,36)(H,31,38)(H,32,35)(H,34,39)/t15?,18?,20-,21-/m0/s1. The fourth-order valence-corrected chi connectivity index (χ4v) is 5.51. The number of nitrogen functional groups attached to an aromatic ring is 1. The molecule has 0 aliphatic heterocycles. The molecule has 2 fully saturated rings. The summed E-state index contributed by atoms with van der Waals surface area (Å²) in [5.41, 5.74) is 7.36. The van der Waals surface area contributed by atoms with Gasteiger partial charge < -0.3 is 21.7 Å². The fraction of sp³-hybridized carbons (Fsp3) is 0.481. The maximum absolute atomic E-state index is 14.8. The summed E-state index contributed by atoms with van der Waals surface area (Å²) in [6.07, 6.45) is 7.67. The van der Waals surface area contributed by atoms with Gasteiger partial charge in [0.25, 0.3) is 5.91 Å². The van der Waals surface area contributed by atoms with Crippen LogP contribution in [0.3, 0.4) is 0 Å². The minimum atomic E-state index is -1.03. The summed E-state index contributed by atoms with van der Waals surface area (Å²) in [6.45, 7) is 0. The van der Waals surface area contributed by atoms with Crippen LogP contribution in [0.15, 0.2) is 24.5 Å². The van der Waals surface area contributed by atoms with Crippen LogP contribution in [0.4, 0.5) is 15.9 Å². The first-order valence-corrected chi connectivity index (χ1v) is 13.4. The summed E-state index contributed by atoms with van der Waals surface area (Å²) in [7, 11) is 1.64. The molecule has 0 radical (unpaired) electrons. The molecule has 3 aromatic rings. The largest absolute Gasteiger partial charge is 0.383 e. The molecular weight excluding hydrogens is 501 g/mol. The number of anilines is 2. The number of hydrogen-bond acceptors (Lipinski definition) is 8. The molecule has 3 heterocycles. The highest BCUT2D eigenvalue weighted by Gasteiger charge is 2.29. The summed E-state index contributed by atoms with van der Waals surface area (Å²) < 4.78 is 16.3. The van der Waals surface area contributed by atoms with E-state index in [2.05, 4.69) is 31.0 Å². The maximum Gasteiger partial charge on any atom is 0.255 e. The van der Waals surface area contributed by atoms with Crippen molar-refractivity contribution >= 4 is 34.4 Å². The Bertz CT molecular complexity index is 1420. The van der Waals surface area contributed by atoms with Gasteiger partial charge in [-0.05, 0) is 44.6 Å². The van der Waals surface area contributed by atoms with E-state index in [9.17, 15) is 19.2 Å². The average molecular weight is 534 g/mol. The highest BCUT2D eigenvalue weighted by molar-refractivity contribution is 6.00. The predicted octanol–water partition coefficient (Wildman–Crippen LogP) is 3.00. The lowest BCUT2D eigenvalue weighted by molar-refractivity contribution is -0.125. The predicted molar refractivity (Wildman–Crippen MR) is 144 cm³/mol. The van der Waals surface area contributed by atoms with E-state index in [1.165, 1.54) is 10.9 Å². The number of nitrogens with two attached hydrogens (primary N) is 1. The Balaban J connectivity index is 1.43. The molecule has 12 heteroatoms. The second kappa shape index (κ2) is 11.2. The van der Waals surface area contributed by atoms with Gasteiger partial charge in [0.2, 0.25) is 5.91 Å². The van der Waals surface area contributed by atoms with Crippen molar-refractivity contribution in [1.82, 2.24) is 30.4 Å². The Morgan fingerprint density at radius 3 is 2.62 bits per heavy atom. The quantitative estimate of drug-likeness (QED) is 0.376. The molecule has 2 amide bonds. The average Bonchev–Trinajstić information content (AvgIpc) is 3.36. The number of hydrogen-bond donors (Lipinski definition) is 4. The van der Waals surface area contributed by atoms with Crippen molar-refractivity contribution in [3.05, 3.63) is 35.7 Å². The van der Waals surface area contributed by atoms with Crippen LogP contribution < -0.4 is 21.7 Å². The van der Waals surface area contributed by atoms with E-state index in [1.807, 2.05) is 6.07 Å². The van der Waals surface area contributed by atoms with E-state index < -0.39 is 12.2 Å². The lowest BCUT2D eigenvalue weighted by Gasteiger charge is -2.30. The number of carbonyl (C=O) groups excluding carboxylic acids is 2. The summed E-state index contributed by atoms with van der Waals surface area (Å²) in [6, 6.07) is 4.80. The van der Waals surface area contributed by atoms with Gasteiger partial charge in [0, 0.05) is 36.7 Å². The Kier molecular flexibility index (Phi) is 7.58. The second-order valence-electron chi connectivity index (χ2n) is 10.3. The van der Waals surface area contributed by atoms with E-state index in [1.54, 1.807) is 25.4 Å². The van der Waals surface area contributed by atoms with E-state index in [-0.39, 0.29) is 35.2 Å². The monoisotopic (exact) mass is 533 g/mol. The first-order valence-electron chi connectivity index (χ1n) is 13.4. The van der Waals surface area contributed by atoms with Crippen molar-refractivity contribution in [1.29, 1.82) is 5.26 Å². The third-order valence-electron chi connectivity index (χ3n) is 7.75. The Morgan fingerprint density at radius 2 is 1.90 bits per heavy atom. The normalized spacial score (nSPS) is 23.1. The first-order chi connectivity index (χ1) is 18.9. The van der Waals surface area contributed by atoms with E-state index in [0.29, 0.717) is 66.6 Å². The second-order valence-corrected chi connectivity index (χ2v) is 10.3. The first kappa shape index (κ1) is 26.3. The number of rotatable bonds is 6. The van der Waals surface area contributed by atoms with Crippen LogP contribution >= 0.6 is 0 Å². The summed E-state index contributed by atoms with van der Waals surface area (Å²) in [5.74, 6) is 0.139. The SMILES string of the molecule is CNC(=O)C1CCC(NC(=O)c2cnc(-n3ncc4cc(C#N)c(N)nc43)cc2N[C@H]2CCCC[C@@H]2F)CC1. The minimum Gasteiger partial charge on any atom is -0.383 e. The van der Waals surface area contributed by atoms with Crippen LogP contribution in [-0.2, 0) is 4.79 Å². The zero-order chi connectivity index (χ0) is 27.5. The van der Waals surface area contributed by atoms with Gasteiger partial charge >= 0.3 is 0 Å². The van der Waals surface area contributed by atoms with Crippen molar-refractivity contribution in [3.8, 4) is 11.9 Å². The molecule has 0 spiro atoms. The van der Waals surface area contributed by atoms with E-state index in [0.717, 1.165) is 12.8 Å². The Morgan fingerprint density at radius 1 is 1.13 bits per heavy atom. The molecule has 0 bridgehead atoms. The van der Waals surface area contributed by atoms with Crippen molar-refractivity contribution in [2.75, 3.05) is 18.1 Å². The molecule has 2 atom stereocenters. The molecule has 2 aliphatic rings. The fourth-order valence-electron chi connectivity index (χ4n) is 5.51. The van der Waals surface area contributed by atoms with E-state index in [4.69, 9.17) is 5.73 Å². The molecule has 11 nitrogen and oxygen atoms in total. The van der Waals surface area contributed by atoms with Crippen LogP contribution in [0.1, 0.15) is 67.3 Å². The number of pyridine rings is 2. The lowest BCUT2D eigenvalue weighted by Crippen LogP contribution is -2.41. The van der Waals surface area contributed by atoms with Gasteiger partial charge in [-0.25, -0.2) is 14.4 Å². The smallest absolute Gasteiger partial charge is 0.255 e. The van der Waals surface area contributed by atoms with Crippen LogP contribution in [0, 0.1) is 17.2 Å². The van der Waals surface area contributed by atoms with Crippen LogP contribution in [0.5, 0.6) is 0 Å². The van der Waals surface area contributed by atoms with Crippen molar-refractivity contribution in [2.24, 2.45) is 5.92 Å². The molecule has 204 valence electrons. The third kappa shape index (κ3) is 5.48. The maximum atomic E-state index is 14.8. The third-order valence-corrected chi connectivity index (χ3v) is 7.75.